The van der Waals surface area contributed by atoms with Gasteiger partial charge in [0.15, 0.2) is 0 Å². The molecule has 0 saturated heterocycles. The number of aryl methyl sites for hydroxylation is 1. The second-order valence-corrected chi connectivity index (χ2v) is 10.6. The molecule has 1 atom stereocenters. The van der Waals surface area contributed by atoms with E-state index in [0.717, 1.165) is 0 Å². The number of allylic oxidation sites excluding steroid dienone is 2. The summed E-state index contributed by atoms with van der Waals surface area (Å²) in [5.41, 5.74) is 15.6. The van der Waals surface area contributed by atoms with Crippen LogP contribution in [-0.2, 0) is 26.2 Å². The Hall–Kier alpha value is -2.96. The van der Waals surface area contributed by atoms with Gasteiger partial charge in [0.2, 0.25) is 0 Å². The van der Waals surface area contributed by atoms with Crippen LogP contribution in [0, 0.1) is 13.8 Å². The van der Waals surface area contributed by atoms with Gasteiger partial charge in [-0.3, -0.25) is 0 Å². The summed E-state index contributed by atoms with van der Waals surface area (Å²) in [4.78, 5) is 0. The van der Waals surface area contributed by atoms with Crippen LogP contribution in [0.15, 0.2) is 115 Å². The molecule has 0 aliphatic heterocycles. The molecule has 7 rings (SSSR count). The van der Waals surface area contributed by atoms with Crippen molar-refractivity contribution in [2.24, 2.45) is 0 Å². The van der Waals surface area contributed by atoms with Gasteiger partial charge in [-0.15, -0.1) is 34.1 Å². The van der Waals surface area contributed by atoms with Gasteiger partial charge in [0.1, 0.15) is 0 Å². The van der Waals surface area contributed by atoms with Crippen LogP contribution >= 0.6 is 0 Å². The van der Waals surface area contributed by atoms with E-state index >= 15 is 0 Å². The third-order valence-electron chi connectivity index (χ3n) is 8.20. The number of hydrogen-bond donors (Lipinski definition) is 0. The molecule has 0 bridgehead atoms. The van der Waals surface area contributed by atoms with Crippen molar-refractivity contribution in [3.8, 4) is 11.1 Å². The fraction of sp³-hybridized carbons (Fsp3) is 0.105. The van der Waals surface area contributed by atoms with Gasteiger partial charge in [0.05, 0.1) is 0 Å². The minimum Gasteiger partial charge on any atom is -1.00 e. The summed E-state index contributed by atoms with van der Waals surface area (Å²) in [5, 5.41) is 2.54. The molecule has 0 saturated carbocycles. The van der Waals surface area contributed by atoms with Gasteiger partial charge < -0.3 is 24.8 Å². The van der Waals surface area contributed by atoms with Gasteiger partial charge in [0.25, 0.3) is 0 Å². The molecule has 1 unspecified atom stereocenters. The predicted molar refractivity (Wildman–Crippen MR) is 160 cm³/mol. The third-order valence-corrected chi connectivity index (χ3v) is 8.20. The van der Waals surface area contributed by atoms with Crippen molar-refractivity contribution in [1.82, 2.24) is 0 Å². The summed E-state index contributed by atoms with van der Waals surface area (Å²) in [6.07, 6.45) is 6.31. The molecule has 2 aliphatic rings. The molecule has 0 heterocycles. The zero-order valence-electron chi connectivity index (χ0n) is 23.3. The van der Waals surface area contributed by atoms with Gasteiger partial charge in [-0.25, -0.2) is 0 Å². The Bertz CT molecular complexity index is 1850. The van der Waals surface area contributed by atoms with Crippen LogP contribution in [-0.4, -0.2) is 0 Å². The van der Waals surface area contributed by atoms with E-state index in [1.54, 1.807) is 0 Å². The van der Waals surface area contributed by atoms with Gasteiger partial charge in [-0.2, -0.15) is 0 Å². The van der Waals surface area contributed by atoms with E-state index in [1.807, 2.05) is 0 Å². The second kappa shape index (κ2) is 12.5. The SMILES string of the molecule is CC1=CC(c2c(C)c(=C(c3ccccc3)c3ccccc3)cc3c2=[C-]c2cc(C)ccc2-3)c2ccccc21.[Cl-].[Cl-].[Zr+3]. The first-order chi connectivity index (χ1) is 18.6. The average Bonchev–Trinajstić information content (AvgIpc) is 3.47. The van der Waals surface area contributed by atoms with E-state index in [2.05, 4.69) is 142 Å². The van der Waals surface area contributed by atoms with Crippen LogP contribution in [0.1, 0.15) is 57.3 Å². The number of fused-ring (bicyclic) bond motifs is 4. The van der Waals surface area contributed by atoms with Gasteiger partial charge in [-0.05, 0) is 59.4 Å². The van der Waals surface area contributed by atoms with Crippen molar-refractivity contribution in [3.63, 3.8) is 0 Å². The molecule has 5 aromatic rings. The average molecular weight is 648 g/mol. The van der Waals surface area contributed by atoms with Crippen molar-refractivity contribution in [3.05, 3.63) is 170 Å². The first-order valence-corrected chi connectivity index (χ1v) is 13.4. The minimum absolute atomic E-state index is 0. The molecule has 0 nitrogen and oxygen atoms in total. The minimum atomic E-state index is 0. The van der Waals surface area contributed by atoms with Crippen LogP contribution in [0.5, 0.6) is 0 Å². The smallest absolute Gasteiger partial charge is 1.00 e. The van der Waals surface area contributed by atoms with E-state index < -0.39 is 0 Å². The molecule has 0 amide bonds. The molecule has 2 aliphatic carbocycles. The van der Waals surface area contributed by atoms with Crippen LogP contribution in [0.3, 0.4) is 0 Å². The molecule has 0 fully saturated rings. The number of hydrogen-bond acceptors (Lipinski definition) is 0. The summed E-state index contributed by atoms with van der Waals surface area (Å²) in [6.45, 7) is 6.73. The van der Waals surface area contributed by atoms with Crippen LogP contribution in [0.4, 0.5) is 0 Å². The van der Waals surface area contributed by atoms with E-state index in [9.17, 15) is 0 Å². The molecule has 3 heteroatoms. The normalized spacial score (nSPS) is 13.7. The molecule has 199 valence electrons. The Balaban J connectivity index is 0.00000129. The maximum atomic E-state index is 3.86. The van der Waals surface area contributed by atoms with Crippen molar-refractivity contribution in [2.45, 2.75) is 26.7 Å². The largest absolute Gasteiger partial charge is 3.00 e. The van der Waals surface area contributed by atoms with Gasteiger partial charge in [-0.1, -0.05) is 126 Å². The summed E-state index contributed by atoms with van der Waals surface area (Å²) in [5.74, 6) is 0.204. The van der Waals surface area contributed by atoms with Crippen LogP contribution in [0.2, 0.25) is 0 Å². The molecule has 0 N–H and O–H groups in total. The Kier molecular flexibility index (Phi) is 9.45. The zero-order valence-corrected chi connectivity index (χ0v) is 27.3. The van der Waals surface area contributed by atoms with Crippen molar-refractivity contribution in [1.29, 1.82) is 0 Å². The summed E-state index contributed by atoms with van der Waals surface area (Å²) in [6, 6.07) is 39.8. The fourth-order valence-corrected chi connectivity index (χ4v) is 6.41. The zero-order chi connectivity index (χ0) is 25.8. The van der Waals surface area contributed by atoms with E-state index in [1.165, 1.54) is 77.2 Å². The Morgan fingerprint density at radius 1 is 0.634 bits per heavy atom. The third kappa shape index (κ3) is 5.25. The van der Waals surface area contributed by atoms with Crippen LogP contribution < -0.4 is 35.3 Å². The van der Waals surface area contributed by atoms with E-state index in [-0.39, 0.29) is 56.9 Å². The molecule has 0 aromatic heterocycles. The Labute approximate surface area is 274 Å². The maximum absolute atomic E-state index is 3.86. The topological polar surface area (TPSA) is 0 Å². The van der Waals surface area contributed by atoms with E-state index in [4.69, 9.17) is 0 Å². The quantitative estimate of drug-likeness (QED) is 0.257. The fourth-order valence-electron chi connectivity index (χ4n) is 6.41. The van der Waals surface area contributed by atoms with Crippen molar-refractivity contribution in [2.75, 3.05) is 0 Å². The first kappa shape index (κ1) is 31.0. The summed E-state index contributed by atoms with van der Waals surface area (Å²) < 4.78 is 0. The number of halogens is 2. The number of rotatable bonds is 3. The molecular formula is C38H29Cl2Zr. The van der Waals surface area contributed by atoms with E-state index in [0.29, 0.717) is 0 Å². The predicted octanol–water partition coefficient (Wildman–Crippen LogP) is 1.79. The molecule has 0 spiro atoms. The van der Waals surface area contributed by atoms with Crippen LogP contribution in [0.25, 0.3) is 28.3 Å². The summed E-state index contributed by atoms with van der Waals surface area (Å²) in [7, 11) is 0. The molecule has 41 heavy (non-hydrogen) atoms. The molecular weight excluding hydrogens is 619 g/mol. The van der Waals surface area contributed by atoms with Crippen molar-refractivity contribution >= 4 is 17.2 Å². The van der Waals surface area contributed by atoms with Crippen molar-refractivity contribution < 1.29 is 51.0 Å². The Morgan fingerprint density at radius 2 is 1.24 bits per heavy atom. The molecule has 1 radical (unpaired) electrons. The monoisotopic (exact) mass is 645 g/mol. The van der Waals surface area contributed by atoms with Gasteiger partial charge >= 0.3 is 26.2 Å². The number of benzene rings is 5. The second-order valence-electron chi connectivity index (χ2n) is 10.6. The van der Waals surface area contributed by atoms with Gasteiger partial charge in [0, 0.05) is 5.92 Å². The summed E-state index contributed by atoms with van der Waals surface area (Å²) >= 11 is 0. The Morgan fingerprint density at radius 3 is 1.90 bits per heavy atom. The maximum Gasteiger partial charge on any atom is 3.00 e. The molecule has 5 aromatic carbocycles. The first-order valence-electron chi connectivity index (χ1n) is 13.4. The standard InChI is InChI=1S/C38H29.2ClH.Zr/c1-24-18-19-31-29(20-24)22-36-34(31)23-33(38(27-12-6-4-7-13-27)28-14-8-5-9-15-28)26(3)37(36)35-21-25(2)30-16-10-11-17-32(30)35;;;/h4-21,23,35H,1-3H3;2*1H;/q-1;;;+3/p-2.